The maximum Gasteiger partial charge on any atom is 0.243 e. The zero-order valence-corrected chi connectivity index (χ0v) is 36.0. The zero-order valence-electron chi connectivity index (χ0n) is 35.3. The van der Waals surface area contributed by atoms with Crippen LogP contribution >= 0.6 is 11.6 Å². The number of para-hydroxylation sites is 1. The topological polar surface area (TPSA) is 197 Å². The zero-order chi connectivity index (χ0) is 43.2. The number of carbonyl (C=O) groups excluding carboxylic acids is 4. The van der Waals surface area contributed by atoms with E-state index < -0.39 is 23.9 Å². The minimum absolute atomic E-state index is 0.00310. The van der Waals surface area contributed by atoms with Crippen molar-refractivity contribution in [2.75, 3.05) is 13.1 Å². The number of aromatic amines is 1. The third-order valence-corrected chi connectivity index (χ3v) is 11.6. The number of guanidine groups is 1. The van der Waals surface area contributed by atoms with Crippen LogP contribution in [0.5, 0.6) is 0 Å². The van der Waals surface area contributed by atoms with Gasteiger partial charge < -0.3 is 32.4 Å². The molecule has 3 aromatic carbocycles. The molecule has 12 nitrogen and oxygen atoms in total. The summed E-state index contributed by atoms with van der Waals surface area (Å²) in [4.78, 5) is 68.0. The fourth-order valence-electron chi connectivity index (χ4n) is 7.93. The van der Waals surface area contributed by atoms with Gasteiger partial charge >= 0.3 is 0 Å². The molecule has 0 fully saturated rings. The second-order valence-electron chi connectivity index (χ2n) is 16.2. The Balaban J connectivity index is 1.43. The number of hydrogen-bond donors (Lipinski definition) is 6. The predicted molar refractivity (Wildman–Crippen MR) is 246 cm³/mol. The van der Waals surface area contributed by atoms with Crippen LogP contribution in [0.25, 0.3) is 10.9 Å². The minimum atomic E-state index is -0.991. The number of H-pyrrole nitrogens is 1. The lowest BCUT2D eigenvalue weighted by Crippen LogP contribution is -2.53. The van der Waals surface area contributed by atoms with Crippen LogP contribution in [0, 0.1) is 5.92 Å². The number of rotatable bonds is 10. The van der Waals surface area contributed by atoms with Crippen molar-refractivity contribution in [2.45, 2.75) is 121 Å². The molecule has 61 heavy (non-hydrogen) atoms. The summed E-state index contributed by atoms with van der Waals surface area (Å²) >= 11 is 6.20. The SMILES string of the molecule is NC(N)=NCCC[C@@H]1NC(=O)[C@@H](Cc2ccccc2)CCC(Cc2ccc(Cl)cc2)NC(=O)CCCCCCCCCCN=CC(=O)[C@H](Cc2c[nH]c3ccccc23)NC1=O. The molecule has 0 saturated carbocycles. The molecule has 2 heterocycles. The van der Waals surface area contributed by atoms with Crippen LogP contribution in [0.3, 0.4) is 0 Å². The van der Waals surface area contributed by atoms with E-state index in [4.69, 9.17) is 23.1 Å². The Morgan fingerprint density at radius 3 is 2.13 bits per heavy atom. The summed E-state index contributed by atoms with van der Waals surface area (Å²) in [6.07, 6.45) is 14.5. The molecule has 3 amide bonds. The van der Waals surface area contributed by atoms with Gasteiger partial charge in [0.15, 0.2) is 11.7 Å². The summed E-state index contributed by atoms with van der Waals surface area (Å²) in [6.45, 7) is 0.770. The van der Waals surface area contributed by atoms with Gasteiger partial charge in [0.2, 0.25) is 17.7 Å². The minimum Gasteiger partial charge on any atom is -0.370 e. The quantitative estimate of drug-likeness (QED) is 0.0569. The number of benzene rings is 3. The smallest absolute Gasteiger partial charge is 0.243 e. The van der Waals surface area contributed by atoms with Gasteiger partial charge in [0.25, 0.3) is 0 Å². The summed E-state index contributed by atoms with van der Waals surface area (Å²) in [5.41, 5.74) is 15.0. The molecule has 1 aromatic heterocycles. The number of aliphatic imine (C=N–C) groups is 2. The number of nitrogens with zero attached hydrogens (tertiary/aromatic N) is 2. The number of fused-ring (bicyclic) bond motifs is 1. The molecule has 5 rings (SSSR count). The molecular formula is C48H63ClN8O4. The van der Waals surface area contributed by atoms with Crippen molar-refractivity contribution in [1.29, 1.82) is 0 Å². The standard InChI is InChI=1S/C48H63ClN8O4/c49-38-24-21-35(22-25-38)30-39-26-23-36(29-34-15-8-7-9-16-34)46(60)56-42(19-14-28-53-48(50)51)47(61)57-43(31-37-32-54-41-18-12-11-17-40(37)41)44(58)33-52-27-13-6-4-2-1-3-5-10-20-45(59)55-39/h7-9,11-12,15-18,21-22,24-25,32-33,36,39,42-43,54H,1-6,10,13-14,19-20,23,26-31H2,(H,55,59)(H,56,60)(H,57,61)(H4,50,51,53)/t36-,39?,42+,43+/m1/s1. The first-order chi connectivity index (χ1) is 29.6. The van der Waals surface area contributed by atoms with Gasteiger partial charge in [-0.25, -0.2) is 0 Å². The molecule has 1 unspecified atom stereocenters. The average molecular weight is 852 g/mol. The Labute approximate surface area is 365 Å². The van der Waals surface area contributed by atoms with Crippen LogP contribution < -0.4 is 27.4 Å². The van der Waals surface area contributed by atoms with E-state index >= 15 is 0 Å². The van der Waals surface area contributed by atoms with Crippen molar-refractivity contribution in [1.82, 2.24) is 20.9 Å². The largest absolute Gasteiger partial charge is 0.370 e. The lowest BCUT2D eigenvalue weighted by atomic mass is 9.90. The van der Waals surface area contributed by atoms with Crippen molar-refractivity contribution < 1.29 is 19.2 Å². The van der Waals surface area contributed by atoms with Crippen molar-refractivity contribution in [2.24, 2.45) is 27.4 Å². The monoisotopic (exact) mass is 850 g/mol. The molecule has 4 atom stereocenters. The van der Waals surface area contributed by atoms with Crippen molar-refractivity contribution in [3.63, 3.8) is 0 Å². The summed E-state index contributed by atoms with van der Waals surface area (Å²) in [6, 6.07) is 23.0. The van der Waals surface area contributed by atoms with E-state index in [0.717, 1.165) is 79.0 Å². The van der Waals surface area contributed by atoms with Gasteiger partial charge in [-0.1, -0.05) is 111 Å². The molecule has 13 heteroatoms. The highest BCUT2D eigenvalue weighted by Gasteiger charge is 2.30. The number of amides is 3. The second-order valence-corrected chi connectivity index (χ2v) is 16.6. The van der Waals surface area contributed by atoms with Gasteiger partial charge in [0.1, 0.15) is 6.04 Å². The number of carbonyl (C=O) groups is 4. The fourth-order valence-corrected chi connectivity index (χ4v) is 8.05. The normalized spacial score (nSPS) is 21.1. The van der Waals surface area contributed by atoms with Crippen LogP contribution in [0.15, 0.2) is 95.0 Å². The molecule has 326 valence electrons. The molecule has 8 N–H and O–H groups in total. The first kappa shape index (κ1) is 46.6. The molecule has 1 aliphatic heterocycles. The third kappa shape index (κ3) is 16.5. The Morgan fingerprint density at radius 2 is 1.38 bits per heavy atom. The summed E-state index contributed by atoms with van der Waals surface area (Å²) < 4.78 is 0. The van der Waals surface area contributed by atoms with Gasteiger partial charge in [-0.05, 0) is 86.3 Å². The van der Waals surface area contributed by atoms with E-state index in [1.165, 1.54) is 6.21 Å². The lowest BCUT2D eigenvalue weighted by molar-refractivity contribution is -0.132. The van der Waals surface area contributed by atoms with Crippen LogP contribution in [0.4, 0.5) is 0 Å². The molecule has 0 saturated heterocycles. The Bertz CT molecular complexity index is 2050. The predicted octanol–water partition coefficient (Wildman–Crippen LogP) is 6.92. The van der Waals surface area contributed by atoms with Gasteiger partial charge in [-0.3, -0.25) is 29.2 Å². The number of ketones is 1. The van der Waals surface area contributed by atoms with E-state index in [0.29, 0.717) is 50.1 Å². The highest BCUT2D eigenvalue weighted by atomic mass is 35.5. The van der Waals surface area contributed by atoms with Crippen molar-refractivity contribution >= 4 is 58.2 Å². The molecule has 0 bridgehead atoms. The Morgan fingerprint density at radius 1 is 0.705 bits per heavy atom. The van der Waals surface area contributed by atoms with Crippen molar-refractivity contribution in [3.05, 3.63) is 107 Å². The van der Waals surface area contributed by atoms with Gasteiger partial charge in [0, 0.05) is 60.0 Å². The second kappa shape index (κ2) is 25.3. The highest BCUT2D eigenvalue weighted by molar-refractivity contribution is 6.30. The molecule has 0 spiro atoms. The van der Waals surface area contributed by atoms with E-state index in [-0.39, 0.29) is 49.0 Å². The molecule has 0 radical (unpaired) electrons. The molecule has 1 aliphatic rings. The number of Topliss-reactive ketones (excluding diaryl/α,β-unsaturated/α-hetero) is 1. The maximum absolute atomic E-state index is 14.5. The molecular weight excluding hydrogens is 788 g/mol. The number of hydrogen-bond acceptors (Lipinski definition) is 6. The fraction of sp³-hybridized carbons (Fsp3) is 0.458. The number of aromatic nitrogens is 1. The van der Waals surface area contributed by atoms with Crippen LogP contribution in [-0.2, 0) is 38.4 Å². The first-order valence-electron chi connectivity index (χ1n) is 22.0. The van der Waals surface area contributed by atoms with E-state index in [1.54, 1.807) is 0 Å². The first-order valence-corrected chi connectivity index (χ1v) is 22.3. The average Bonchev–Trinajstić information content (AvgIpc) is 3.66. The number of nitrogens with two attached hydrogens (primary N) is 2. The van der Waals surface area contributed by atoms with E-state index in [9.17, 15) is 19.2 Å². The summed E-state index contributed by atoms with van der Waals surface area (Å²) in [7, 11) is 0. The highest BCUT2D eigenvalue weighted by Crippen LogP contribution is 2.22. The summed E-state index contributed by atoms with van der Waals surface area (Å²) in [5, 5.41) is 11.0. The van der Waals surface area contributed by atoms with E-state index in [2.05, 4.69) is 30.9 Å². The molecule has 4 aromatic rings. The van der Waals surface area contributed by atoms with Gasteiger partial charge in [-0.15, -0.1) is 0 Å². The maximum atomic E-state index is 14.5. The Kier molecular flexibility index (Phi) is 19.3. The number of halogens is 1. The van der Waals surface area contributed by atoms with Crippen LogP contribution in [-0.4, -0.2) is 71.9 Å². The van der Waals surface area contributed by atoms with Crippen LogP contribution in [0.2, 0.25) is 5.02 Å². The third-order valence-electron chi connectivity index (χ3n) is 11.3. The number of nitrogens with one attached hydrogen (secondary N) is 4. The van der Waals surface area contributed by atoms with E-state index in [1.807, 2.05) is 85.1 Å². The van der Waals surface area contributed by atoms with Crippen LogP contribution in [0.1, 0.15) is 100 Å². The van der Waals surface area contributed by atoms with Crippen molar-refractivity contribution in [3.8, 4) is 0 Å². The van der Waals surface area contributed by atoms with Gasteiger partial charge in [0.05, 0.1) is 12.3 Å². The Hall–Kier alpha value is -5.49. The molecule has 0 aliphatic carbocycles. The lowest BCUT2D eigenvalue weighted by Gasteiger charge is -2.26. The summed E-state index contributed by atoms with van der Waals surface area (Å²) in [5.74, 6) is -1.70. The van der Waals surface area contributed by atoms with Gasteiger partial charge in [-0.2, -0.15) is 0 Å².